The Hall–Kier alpha value is -3.40. The Kier molecular flexibility index (Phi) is 5.66. The third-order valence-electron chi connectivity index (χ3n) is 5.01. The average molecular weight is 412 g/mol. The Bertz CT molecular complexity index is 1090. The van der Waals surface area contributed by atoms with Crippen LogP contribution in [0.1, 0.15) is 34.8 Å². The van der Waals surface area contributed by atoms with E-state index >= 15 is 0 Å². The number of methoxy groups -OCH3 is 1. The van der Waals surface area contributed by atoms with Crippen molar-refractivity contribution in [2.75, 3.05) is 31.7 Å². The zero-order chi connectivity index (χ0) is 21.1. The number of carbonyl (C=O) groups is 2. The molecule has 30 heavy (non-hydrogen) atoms. The van der Waals surface area contributed by atoms with E-state index in [1.807, 2.05) is 6.07 Å². The molecule has 0 spiro atoms. The van der Waals surface area contributed by atoms with Crippen LogP contribution in [-0.2, 0) is 9.53 Å². The van der Waals surface area contributed by atoms with Crippen LogP contribution in [0.15, 0.2) is 36.9 Å². The van der Waals surface area contributed by atoms with Crippen LogP contribution in [0.5, 0.6) is 0 Å². The first-order valence-corrected chi connectivity index (χ1v) is 9.57. The van der Waals surface area contributed by atoms with Crippen LogP contribution in [-0.4, -0.2) is 58.1 Å². The van der Waals surface area contributed by atoms with Crippen LogP contribution < -0.4 is 10.2 Å². The van der Waals surface area contributed by atoms with Crippen molar-refractivity contribution in [3.8, 4) is 0 Å². The summed E-state index contributed by atoms with van der Waals surface area (Å²) in [6.07, 6.45) is 7.78. The van der Waals surface area contributed by atoms with E-state index < -0.39 is 5.91 Å². The minimum Gasteiger partial charge on any atom is -0.377 e. The van der Waals surface area contributed by atoms with Gasteiger partial charge in [-0.3, -0.25) is 14.6 Å². The maximum atomic E-state index is 13.7. The van der Waals surface area contributed by atoms with Gasteiger partial charge < -0.3 is 15.0 Å². The fourth-order valence-electron chi connectivity index (χ4n) is 3.66. The predicted octanol–water partition coefficient (Wildman–Crippen LogP) is 1.55. The minimum absolute atomic E-state index is 0.0463. The second kappa shape index (κ2) is 8.54. The van der Waals surface area contributed by atoms with E-state index in [4.69, 9.17) is 4.74 Å². The average Bonchev–Trinajstić information content (AvgIpc) is 3.39. The lowest BCUT2D eigenvalue weighted by atomic mass is 10.1. The molecule has 1 amide bonds. The van der Waals surface area contributed by atoms with Gasteiger partial charge in [0.05, 0.1) is 25.0 Å². The Morgan fingerprint density at radius 3 is 3.00 bits per heavy atom. The van der Waals surface area contributed by atoms with Gasteiger partial charge in [0.2, 0.25) is 0 Å². The number of halogens is 1. The van der Waals surface area contributed by atoms with E-state index in [1.54, 1.807) is 12.4 Å². The van der Waals surface area contributed by atoms with Crippen molar-refractivity contribution in [3.63, 3.8) is 0 Å². The second-order valence-electron chi connectivity index (χ2n) is 7.05. The monoisotopic (exact) mass is 412 g/mol. The fourth-order valence-corrected chi connectivity index (χ4v) is 3.66. The minimum atomic E-state index is -0.439. The number of anilines is 1. The molecule has 3 aromatic heterocycles. The summed E-state index contributed by atoms with van der Waals surface area (Å²) < 4.78 is 19.9. The largest absolute Gasteiger partial charge is 0.377 e. The molecule has 0 radical (unpaired) electrons. The lowest BCUT2D eigenvalue weighted by molar-refractivity contribution is -0.121. The highest BCUT2D eigenvalue weighted by Gasteiger charge is 2.28. The Labute approximate surface area is 171 Å². The summed E-state index contributed by atoms with van der Waals surface area (Å²) in [6, 6.07) is 3.26. The van der Waals surface area contributed by atoms with E-state index in [0.717, 1.165) is 24.9 Å². The Morgan fingerprint density at radius 2 is 2.20 bits per heavy atom. The molecule has 0 bridgehead atoms. The molecule has 1 fully saturated rings. The molecule has 156 valence electrons. The predicted molar refractivity (Wildman–Crippen MR) is 106 cm³/mol. The van der Waals surface area contributed by atoms with Gasteiger partial charge >= 0.3 is 0 Å². The van der Waals surface area contributed by atoms with Crippen LogP contribution in [0.4, 0.5) is 10.2 Å². The molecule has 9 nitrogen and oxygen atoms in total. The highest BCUT2D eigenvalue weighted by atomic mass is 19.1. The van der Waals surface area contributed by atoms with Crippen LogP contribution in [0.25, 0.3) is 5.65 Å². The molecule has 4 heterocycles. The summed E-state index contributed by atoms with van der Waals surface area (Å²) in [5, 5.41) is 6.73. The number of carbonyl (C=O) groups excluding carboxylic acids is 2. The number of ketones is 1. The molecule has 1 N–H and O–H groups in total. The number of amides is 1. The quantitative estimate of drug-likeness (QED) is 0.628. The molecule has 1 aliphatic rings. The van der Waals surface area contributed by atoms with Crippen molar-refractivity contribution in [1.82, 2.24) is 24.9 Å². The first-order valence-electron chi connectivity index (χ1n) is 9.57. The number of hydrogen-bond acceptors (Lipinski definition) is 7. The number of hydrogen-bond donors (Lipinski definition) is 1. The summed E-state index contributed by atoms with van der Waals surface area (Å²) >= 11 is 0. The van der Waals surface area contributed by atoms with Gasteiger partial charge in [0, 0.05) is 26.0 Å². The third-order valence-corrected chi connectivity index (χ3v) is 5.01. The van der Waals surface area contributed by atoms with Crippen molar-refractivity contribution < 1.29 is 18.7 Å². The molecule has 4 rings (SSSR count). The first kappa shape index (κ1) is 19.9. The van der Waals surface area contributed by atoms with Crippen LogP contribution >= 0.6 is 0 Å². The summed E-state index contributed by atoms with van der Waals surface area (Å²) in [6.45, 7) is 0.554. The van der Waals surface area contributed by atoms with Crippen molar-refractivity contribution in [2.24, 2.45) is 0 Å². The van der Waals surface area contributed by atoms with Gasteiger partial charge in [0.15, 0.2) is 11.4 Å². The van der Waals surface area contributed by atoms with E-state index in [2.05, 4.69) is 25.3 Å². The molecule has 1 unspecified atom stereocenters. The second-order valence-corrected chi connectivity index (χ2v) is 7.05. The van der Waals surface area contributed by atoms with Crippen LogP contribution in [0, 0.1) is 5.82 Å². The maximum Gasteiger partial charge on any atom is 0.257 e. The normalized spacial score (nSPS) is 16.2. The number of aromatic nitrogens is 4. The zero-order valence-corrected chi connectivity index (χ0v) is 16.4. The SMILES string of the molecule is COCC(=O)CNC(=O)c1cnn2ccc(N3CCCC3c3cncc(F)c3)nc12. The zero-order valence-electron chi connectivity index (χ0n) is 16.4. The molecular weight excluding hydrogens is 391 g/mol. The molecular formula is C20H21FN6O3. The molecule has 3 aromatic rings. The molecule has 10 heteroatoms. The van der Waals surface area contributed by atoms with Crippen molar-refractivity contribution in [2.45, 2.75) is 18.9 Å². The van der Waals surface area contributed by atoms with E-state index in [-0.39, 0.29) is 36.4 Å². The lowest BCUT2D eigenvalue weighted by Crippen LogP contribution is -2.31. The number of nitrogens with one attached hydrogen (secondary N) is 1. The maximum absolute atomic E-state index is 13.7. The van der Waals surface area contributed by atoms with E-state index in [9.17, 15) is 14.0 Å². The van der Waals surface area contributed by atoms with E-state index in [0.29, 0.717) is 11.5 Å². The summed E-state index contributed by atoms with van der Waals surface area (Å²) in [4.78, 5) is 34.8. The lowest BCUT2D eigenvalue weighted by Gasteiger charge is -2.26. The number of pyridine rings is 1. The van der Waals surface area contributed by atoms with E-state index in [1.165, 1.54) is 30.1 Å². The number of rotatable bonds is 7. The summed E-state index contributed by atoms with van der Waals surface area (Å²) in [5.74, 6) is -0.384. The molecule has 0 aromatic carbocycles. The van der Waals surface area contributed by atoms with Gasteiger partial charge in [0.25, 0.3) is 5.91 Å². The number of Topliss-reactive ketones (excluding diaryl/α,β-unsaturated/α-hetero) is 1. The van der Waals surface area contributed by atoms with Gasteiger partial charge in [-0.25, -0.2) is 13.9 Å². The van der Waals surface area contributed by atoms with Crippen molar-refractivity contribution in [1.29, 1.82) is 0 Å². The molecule has 1 saturated heterocycles. The molecule has 0 saturated carbocycles. The van der Waals surface area contributed by atoms with Gasteiger partial charge in [0.1, 0.15) is 23.8 Å². The Morgan fingerprint density at radius 1 is 1.33 bits per heavy atom. The van der Waals surface area contributed by atoms with Gasteiger partial charge in [-0.1, -0.05) is 0 Å². The molecule has 0 aliphatic carbocycles. The smallest absolute Gasteiger partial charge is 0.257 e. The van der Waals surface area contributed by atoms with Crippen LogP contribution in [0.2, 0.25) is 0 Å². The Balaban J connectivity index is 1.59. The van der Waals surface area contributed by atoms with Gasteiger partial charge in [-0.15, -0.1) is 0 Å². The fraction of sp³-hybridized carbons (Fsp3) is 0.350. The molecule has 1 atom stereocenters. The van der Waals surface area contributed by atoms with Crippen molar-refractivity contribution in [3.05, 3.63) is 53.9 Å². The summed E-state index contributed by atoms with van der Waals surface area (Å²) in [5.41, 5.74) is 1.44. The number of ether oxygens (including phenoxy) is 1. The first-order chi connectivity index (χ1) is 14.6. The topological polar surface area (TPSA) is 102 Å². The number of fused-ring (bicyclic) bond motifs is 1. The highest BCUT2D eigenvalue weighted by molar-refractivity contribution is 6.01. The highest BCUT2D eigenvalue weighted by Crippen LogP contribution is 2.35. The van der Waals surface area contributed by atoms with Crippen LogP contribution in [0.3, 0.4) is 0 Å². The number of nitrogens with zero attached hydrogens (tertiary/aromatic N) is 5. The molecule has 1 aliphatic heterocycles. The standard InChI is InChI=1S/C20H21FN6O3/c1-30-12-15(28)10-23-20(29)16-11-24-27-6-4-18(25-19(16)27)26-5-2-3-17(26)13-7-14(21)9-22-8-13/h4,6-9,11,17H,2-3,5,10,12H2,1H3,(H,23,29). The van der Waals surface area contributed by atoms with Gasteiger partial charge in [-0.2, -0.15) is 5.10 Å². The summed E-state index contributed by atoms with van der Waals surface area (Å²) in [7, 11) is 1.42. The van der Waals surface area contributed by atoms with Crippen molar-refractivity contribution >= 4 is 23.2 Å². The van der Waals surface area contributed by atoms with Gasteiger partial charge in [-0.05, 0) is 30.5 Å². The third kappa shape index (κ3) is 3.99.